The van der Waals surface area contributed by atoms with Crippen molar-refractivity contribution in [3.63, 3.8) is 0 Å². The lowest BCUT2D eigenvalue weighted by atomic mass is 10.2. The lowest BCUT2D eigenvalue weighted by Crippen LogP contribution is -2.52. The molecular formula is C15H17ClN4O. The number of hydrogen-bond donors (Lipinski definition) is 1. The molecule has 1 aliphatic heterocycles. The van der Waals surface area contributed by atoms with Gasteiger partial charge in [0.25, 0.3) is 5.91 Å². The van der Waals surface area contributed by atoms with E-state index in [1.807, 2.05) is 30.0 Å². The zero-order valence-electron chi connectivity index (χ0n) is 11.8. The Bertz CT molecular complexity index is 655. The van der Waals surface area contributed by atoms with Gasteiger partial charge in [-0.2, -0.15) is 5.10 Å². The maximum atomic E-state index is 12.5. The molecule has 1 aromatic carbocycles. The van der Waals surface area contributed by atoms with E-state index in [9.17, 15) is 4.79 Å². The highest BCUT2D eigenvalue weighted by atomic mass is 35.5. The van der Waals surface area contributed by atoms with Crippen molar-refractivity contribution in [1.82, 2.24) is 20.0 Å². The molecule has 5 nitrogen and oxygen atoms in total. The number of nitrogens with zero attached hydrogens (tertiary/aromatic N) is 3. The minimum absolute atomic E-state index is 0.0326. The predicted octanol–water partition coefficient (Wildman–Crippen LogP) is 1.96. The molecule has 0 saturated carbocycles. The molecule has 0 bridgehead atoms. The summed E-state index contributed by atoms with van der Waals surface area (Å²) in [6.07, 6.45) is 1.77. The molecular weight excluding hydrogens is 288 g/mol. The SMILES string of the molecule is CC1CNCCN1C(=O)c1ccn(-c2ccccc2Cl)n1. The van der Waals surface area contributed by atoms with Crippen LogP contribution in [0.25, 0.3) is 5.69 Å². The van der Waals surface area contributed by atoms with Crippen LogP contribution in [-0.2, 0) is 0 Å². The molecule has 0 aliphatic carbocycles. The quantitative estimate of drug-likeness (QED) is 0.923. The highest BCUT2D eigenvalue weighted by Gasteiger charge is 2.25. The number of para-hydroxylation sites is 1. The van der Waals surface area contributed by atoms with Crippen LogP contribution in [0.1, 0.15) is 17.4 Å². The van der Waals surface area contributed by atoms with Gasteiger partial charge in [-0.15, -0.1) is 0 Å². The molecule has 1 atom stereocenters. The van der Waals surface area contributed by atoms with Gasteiger partial charge in [0, 0.05) is 31.9 Å². The number of carbonyl (C=O) groups is 1. The Morgan fingerprint density at radius 1 is 1.38 bits per heavy atom. The van der Waals surface area contributed by atoms with Gasteiger partial charge in [-0.05, 0) is 25.1 Å². The Balaban J connectivity index is 1.85. The molecule has 2 aromatic rings. The molecule has 2 heterocycles. The van der Waals surface area contributed by atoms with E-state index >= 15 is 0 Å². The summed E-state index contributed by atoms with van der Waals surface area (Å²) in [6, 6.07) is 9.35. The molecule has 1 aliphatic rings. The van der Waals surface area contributed by atoms with Gasteiger partial charge in [-0.3, -0.25) is 4.79 Å². The topological polar surface area (TPSA) is 50.2 Å². The number of piperazine rings is 1. The number of halogens is 1. The van der Waals surface area contributed by atoms with Crippen molar-refractivity contribution in [1.29, 1.82) is 0 Å². The maximum absolute atomic E-state index is 12.5. The first-order chi connectivity index (χ1) is 10.2. The van der Waals surface area contributed by atoms with Crippen molar-refractivity contribution >= 4 is 17.5 Å². The average molecular weight is 305 g/mol. The van der Waals surface area contributed by atoms with Crippen molar-refractivity contribution in [3.8, 4) is 5.69 Å². The van der Waals surface area contributed by atoms with Crippen LogP contribution >= 0.6 is 11.6 Å². The fourth-order valence-corrected chi connectivity index (χ4v) is 2.72. The highest BCUT2D eigenvalue weighted by Crippen LogP contribution is 2.19. The third-order valence-electron chi connectivity index (χ3n) is 3.67. The van der Waals surface area contributed by atoms with Crippen LogP contribution in [0.3, 0.4) is 0 Å². The maximum Gasteiger partial charge on any atom is 0.274 e. The Labute approximate surface area is 128 Å². The van der Waals surface area contributed by atoms with E-state index in [4.69, 9.17) is 11.6 Å². The molecule has 3 rings (SSSR count). The predicted molar refractivity (Wildman–Crippen MR) is 81.9 cm³/mol. The molecule has 0 spiro atoms. The van der Waals surface area contributed by atoms with Crippen molar-refractivity contribution in [2.45, 2.75) is 13.0 Å². The van der Waals surface area contributed by atoms with Gasteiger partial charge in [0.15, 0.2) is 5.69 Å². The number of carbonyl (C=O) groups excluding carboxylic acids is 1. The summed E-state index contributed by atoms with van der Waals surface area (Å²) < 4.78 is 1.64. The molecule has 6 heteroatoms. The van der Waals surface area contributed by atoms with E-state index in [2.05, 4.69) is 10.4 Å². The van der Waals surface area contributed by atoms with Crippen LogP contribution in [-0.4, -0.2) is 46.3 Å². The van der Waals surface area contributed by atoms with Crippen molar-refractivity contribution < 1.29 is 4.79 Å². The number of aromatic nitrogens is 2. The van der Waals surface area contributed by atoms with Gasteiger partial charge < -0.3 is 10.2 Å². The standard InChI is InChI=1S/C15H17ClN4O/c1-11-10-17-7-9-19(11)15(21)13-6-8-20(18-13)14-5-3-2-4-12(14)16/h2-6,8,11,17H,7,9-10H2,1H3. The summed E-state index contributed by atoms with van der Waals surface area (Å²) in [5.41, 5.74) is 1.22. The monoisotopic (exact) mass is 304 g/mol. The lowest BCUT2D eigenvalue weighted by molar-refractivity contribution is 0.0649. The van der Waals surface area contributed by atoms with Crippen molar-refractivity contribution in [3.05, 3.63) is 47.2 Å². The van der Waals surface area contributed by atoms with Crippen LogP contribution < -0.4 is 5.32 Å². The summed E-state index contributed by atoms with van der Waals surface area (Å²) in [7, 11) is 0. The molecule has 1 fully saturated rings. The summed E-state index contributed by atoms with van der Waals surface area (Å²) in [5.74, 6) is -0.0326. The second kappa shape index (κ2) is 5.87. The molecule has 110 valence electrons. The van der Waals surface area contributed by atoms with Crippen LogP contribution in [0.2, 0.25) is 5.02 Å². The van der Waals surface area contributed by atoms with E-state index in [-0.39, 0.29) is 11.9 Å². The van der Waals surface area contributed by atoms with E-state index in [1.165, 1.54) is 0 Å². The van der Waals surface area contributed by atoms with Gasteiger partial charge in [0.05, 0.1) is 10.7 Å². The summed E-state index contributed by atoms with van der Waals surface area (Å²) in [6.45, 7) is 4.38. The number of benzene rings is 1. The van der Waals surface area contributed by atoms with Gasteiger partial charge >= 0.3 is 0 Å². The second-order valence-corrected chi connectivity index (χ2v) is 5.56. The van der Waals surface area contributed by atoms with Crippen molar-refractivity contribution in [2.75, 3.05) is 19.6 Å². The number of rotatable bonds is 2. The molecule has 21 heavy (non-hydrogen) atoms. The lowest BCUT2D eigenvalue weighted by Gasteiger charge is -2.33. The van der Waals surface area contributed by atoms with Crippen LogP contribution in [0.15, 0.2) is 36.5 Å². The van der Waals surface area contributed by atoms with Gasteiger partial charge in [-0.1, -0.05) is 23.7 Å². The van der Waals surface area contributed by atoms with E-state index in [0.717, 1.165) is 18.8 Å². The molecule has 1 saturated heterocycles. The first-order valence-electron chi connectivity index (χ1n) is 6.99. The highest BCUT2D eigenvalue weighted by molar-refractivity contribution is 6.32. The molecule has 1 amide bonds. The zero-order valence-corrected chi connectivity index (χ0v) is 12.5. The summed E-state index contributed by atoms with van der Waals surface area (Å²) in [4.78, 5) is 14.4. The second-order valence-electron chi connectivity index (χ2n) is 5.15. The Kier molecular flexibility index (Phi) is 3.94. The average Bonchev–Trinajstić information content (AvgIpc) is 2.97. The zero-order chi connectivity index (χ0) is 14.8. The van der Waals surface area contributed by atoms with Crippen molar-refractivity contribution in [2.24, 2.45) is 0 Å². The molecule has 1 aromatic heterocycles. The molecule has 1 N–H and O–H groups in total. The minimum Gasteiger partial charge on any atom is -0.332 e. The number of nitrogens with one attached hydrogen (secondary N) is 1. The Hall–Kier alpha value is -1.85. The van der Waals surface area contributed by atoms with Gasteiger partial charge in [0.2, 0.25) is 0 Å². The largest absolute Gasteiger partial charge is 0.332 e. The Morgan fingerprint density at radius 2 is 2.19 bits per heavy atom. The van der Waals surface area contributed by atoms with Crippen LogP contribution in [0.5, 0.6) is 0 Å². The first kappa shape index (κ1) is 14.1. The summed E-state index contributed by atoms with van der Waals surface area (Å²) >= 11 is 6.16. The fourth-order valence-electron chi connectivity index (χ4n) is 2.50. The van der Waals surface area contributed by atoms with E-state index in [0.29, 0.717) is 17.3 Å². The fraction of sp³-hybridized carbons (Fsp3) is 0.333. The van der Waals surface area contributed by atoms with Crippen LogP contribution in [0, 0.1) is 0 Å². The Morgan fingerprint density at radius 3 is 2.95 bits per heavy atom. The minimum atomic E-state index is -0.0326. The third kappa shape index (κ3) is 2.80. The number of hydrogen-bond acceptors (Lipinski definition) is 3. The normalized spacial score (nSPS) is 18.8. The van der Waals surface area contributed by atoms with Gasteiger partial charge in [-0.25, -0.2) is 4.68 Å². The third-order valence-corrected chi connectivity index (χ3v) is 3.99. The van der Waals surface area contributed by atoms with Crippen LogP contribution in [0.4, 0.5) is 0 Å². The molecule has 0 radical (unpaired) electrons. The van der Waals surface area contributed by atoms with Gasteiger partial charge in [0.1, 0.15) is 0 Å². The van der Waals surface area contributed by atoms with E-state index < -0.39 is 0 Å². The number of amides is 1. The summed E-state index contributed by atoms with van der Waals surface area (Å²) in [5, 5.41) is 8.25. The smallest absolute Gasteiger partial charge is 0.274 e. The van der Waals surface area contributed by atoms with E-state index in [1.54, 1.807) is 23.0 Å². The first-order valence-corrected chi connectivity index (χ1v) is 7.37. The molecule has 1 unspecified atom stereocenters.